The van der Waals surface area contributed by atoms with E-state index in [0.29, 0.717) is 36.3 Å². The van der Waals surface area contributed by atoms with Gasteiger partial charge in [0.2, 0.25) is 28.5 Å². The third-order valence-corrected chi connectivity index (χ3v) is 7.67. The molecule has 1 fully saturated rings. The molecule has 0 spiro atoms. The smallest absolute Gasteiger partial charge is 0.243 e. The Balaban J connectivity index is 1.36. The van der Waals surface area contributed by atoms with Gasteiger partial charge < -0.3 is 14.0 Å². The number of aromatic nitrogens is 2. The average molecular weight is 492 g/mol. The number of hydrogen-bond acceptors (Lipinski definition) is 7. The van der Waals surface area contributed by atoms with Crippen molar-refractivity contribution in [2.45, 2.75) is 23.7 Å². The van der Waals surface area contributed by atoms with E-state index in [1.54, 1.807) is 30.3 Å². The van der Waals surface area contributed by atoms with Gasteiger partial charge in [-0.25, -0.2) is 8.42 Å². The highest BCUT2D eigenvalue weighted by Gasteiger charge is 2.33. The molecule has 2 aliphatic rings. The van der Waals surface area contributed by atoms with Crippen molar-refractivity contribution >= 4 is 26.0 Å². The quantitative estimate of drug-likeness (QED) is 0.547. The van der Waals surface area contributed by atoms with Crippen molar-refractivity contribution in [1.29, 1.82) is 0 Å². The lowest BCUT2D eigenvalue weighted by molar-refractivity contribution is 0.174. The van der Waals surface area contributed by atoms with Crippen LogP contribution in [0.2, 0.25) is 0 Å². The Morgan fingerprint density at radius 1 is 1.07 bits per heavy atom. The highest BCUT2D eigenvalue weighted by molar-refractivity contribution is 9.10. The number of nitrogens with zero attached hydrogens (tertiary/aromatic N) is 3. The Kier molecular flexibility index (Phi) is 5.00. The molecule has 3 aromatic rings. The molecule has 0 radical (unpaired) electrons. The predicted molar refractivity (Wildman–Crippen MR) is 111 cm³/mol. The molecule has 1 atom stereocenters. The molecule has 2 aliphatic heterocycles. The number of piperidine rings is 1. The molecule has 0 saturated carbocycles. The van der Waals surface area contributed by atoms with Crippen molar-refractivity contribution in [3.63, 3.8) is 0 Å². The lowest BCUT2D eigenvalue weighted by atomic mass is 10.00. The van der Waals surface area contributed by atoms with Crippen molar-refractivity contribution in [2.24, 2.45) is 0 Å². The van der Waals surface area contributed by atoms with Crippen LogP contribution in [0.5, 0.6) is 11.5 Å². The van der Waals surface area contributed by atoms with E-state index in [1.165, 1.54) is 4.31 Å². The van der Waals surface area contributed by atoms with Gasteiger partial charge in [0.15, 0.2) is 11.5 Å². The molecular weight excluding hydrogens is 474 g/mol. The van der Waals surface area contributed by atoms with Gasteiger partial charge in [0, 0.05) is 23.1 Å². The van der Waals surface area contributed by atoms with Crippen molar-refractivity contribution in [3.8, 4) is 22.9 Å². The van der Waals surface area contributed by atoms with E-state index >= 15 is 0 Å². The number of sulfonamides is 1. The summed E-state index contributed by atoms with van der Waals surface area (Å²) in [5, 5.41) is 4.09. The maximum Gasteiger partial charge on any atom is 0.243 e. The zero-order chi connectivity index (χ0) is 20.7. The molecule has 5 rings (SSSR count). The van der Waals surface area contributed by atoms with Gasteiger partial charge >= 0.3 is 0 Å². The van der Waals surface area contributed by atoms with E-state index in [-0.39, 0.29) is 17.6 Å². The third kappa shape index (κ3) is 3.59. The Morgan fingerprint density at radius 3 is 2.70 bits per heavy atom. The molecule has 0 N–H and O–H groups in total. The summed E-state index contributed by atoms with van der Waals surface area (Å²) in [5.41, 5.74) is 0.754. The van der Waals surface area contributed by atoms with Crippen LogP contribution in [-0.4, -0.2) is 42.7 Å². The molecule has 0 aliphatic carbocycles. The van der Waals surface area contributed by atoms with E-state index in [2.05, 4.69) is 26.1 Å². The number of rotatable bonds is 4. The normalized spacial score (nSPS) is 19.2. The Morgan fingerprint density at radius 2 is 1.87 bits per heavy atom. The zero-order valence-electron chi connectivity index (χ0n) is 15.8. The summed E-state index contributed by atoms with van der Waals surface area (Å²) in [6, 6.07) is 12.1. The first-order chi connectivity index (χ1) is 14.5. The maximum absolute atomic E-state index is 13.0. The molecule has 0 amide bonds. The van der Waals surface area contributed by atoms with Gasteiger partial charge in [0.05, 0.1) is 10.8 Å². The number of benzene rings is 2. The van der Waals surface area contributed by atoms with Crippen molar-refractivity contribution in [1.82, 2.24) is 14.4 Å². The van der Waals surface area contributed by atoms with E-state index < -0.39 is 10.0 Å². The fourth-order valence-electron chi connectivity index (χ4n) is 3.67. The van der Waals surface area contributed by atoms with E-state index in [0.717, 1.165) is 22.9 Å². The van der Waals surface area contributed by atoms with E-state index in [4.69, 9.17) is 14.0 Å². The minimum atomic E-state index is -3.58. The molecule has 1 saturated heterocycles. The largest absolute Gasteiger partial charge is 0.454 e. The summed E-state index contributed by atoms with van der Waals surface area (Å²) in [5.74, 6) is 2.06. The summed E-state index contributed by atoms with van der Waals surface area (Å²) in [4.78, 5) is 4.80. The summed E-state index contributed by atoms with van der Waals surface area (Å²) in [7, 11) is -3.58. The highest BCUT2D eigenvalue weighted by atomic mass is 79.9. The third-order valence-electron chi connectivity index (χ3n) is 5.26. The minimum Gasteiger partial charge on any atom is -0.454 e. The SMILES string of the molecule is O=S(=O)(c1ccc(Br)cc1)N1CCCC(c2nc(-c3ccc4c(c3)OCO4)no2)C1. The van der Waals surface area contributed by atoms with Crippen LogP contribution in [0.25, 0.3) is 11.4 Å². The lowest BCUT2D eigenvalue weighted by Crippen LogP contribution is -2.39. The fourth-order valence-corrected chi connectivity index (χ4v) is 5.46. The number of fused-ring (bicyclic) bond motifs is 1. The first-order valence-electron chi connectivity index (χ1n) is 9.50. The van der Waals surface area contributed by atoms with Gasteiger partial charge in [0.25, 0.3) is 0 Å². The minimum absolute atomic E-state index is 0.153. The molecule has 1 aromatic heterocycles. The van der Waals surface area contributed by atoms with Gasteiger partial charge in [-0.3, -0.25) is 0 Å². The van der Waals surface area contributed by atoms with Crippen LogP contribution in [-0.2, 0) is 10.0 Å². The molecule has 156 valence electrons. The van der Waals surface area contributed by atoms with E-state index in [1.807, 2.05) is 12.1 Å². The van der Waals surface area contributed by atoms with Crippen molar-refractivity contribution in [3.05, 3.63) is 52.8 Å². The number of halogens is 1. The average Bonchev–Trinajstić information content (AvgIpc) is 3.43. The topological polar surface area (TPSA) is 94.8 Å². The molecule has 2 aromatic carbocycles. The van der Waals surface area contributed by atoms with Gasteiger partial charge in [-0.2, -0.15) is 9.29 Å². The lowest BCUT2D eigenvalue weighted by Gasteiger charge is -2.30. The highest BCUT2D eigenvalue weighted by Crippen LogP contribution is 2.36. The second-order valence-electron chi connectivity index (χ2n) is 7.18. The van der Waals surface area contributed by atoms with Gasteiger partial charge in [-0.15, -0.1) is 0 Å². The van der Waals surface area contributed by atoms with Gasteiger partial charge in [-0.05, 0) is 55.3 Å². The Labute approximate surface area is 182 Å². The molecule has 3 heterocycles. The fraction of sp³-hybridized carbons (Fsp3) is 0.300. The van der Waals surface area contributed by atoms with Crippen LogP contribution in [0.3, 0.4) is 0 Å². The van der Waals surface area contributed by atoms with Crippen LogP contribution in [0.1, 0.15) is 24.7 Å². The van der Waals surface area contributed by atoms with Crippen LogP contribution in [0.15, 0.2) is 56.4 Å². The molecule has 1 unspecified atom stereocenters. The van der Waals surface area contributed by atoms with Gasteiger partial charge in [-0.1, -0.05) is 21.1 Å². The molecule has 0 bridgehead atoms. The number of ether oxygens (including phenoxy) is 2. The molecule has 10 heteroatoms. The Hall–Kier alpha value is -2.43. The van der Waals surface area contributed by atoms with Crippen LogP contribution < -0.4 is 9.47 Å². The molecule has 30 heavy (non-hydrogen) atoms. The molecular formula is C20H18BrN3O5S. The number of hydrogen-bond donors (Lipinski definition) is 0. The van der Waals surface area contributed by atoms with Crippen molar-refractivity contribution < 1.29 is 22.4 Å². The van der Waals surface area contributed by atoms with E-state index in [9.17, 15) is 8.42 Å². The summed E-state index contributed by atoms with van der Waals surface area (Å²) in [6.45, 7) is 0.972. The summed E-state index contributed by atoms with van der Waals surface area (Å²) < 4.78 is 44.6. The molecule has 8 nitrogen and oxygen atoms in total. The maximum atomic E-state index is 13.0. The summed E-state index contributed by atoms with van der Waals surface area (Å²) >= 11 is 3.34. The first-order valence-corrected chi connectivity index (χ1v) is 11.7. The second-order valence-corrected chi connectivity index (χ2v) is 10.0. The first kappa shape index (κ1) is 19.5. The zero-order valence-corrected chi connectivity index (χ0v) is 18.2. The van der Waals surface area contributed by atoms with Crippen LogP contribution in [0.4, 0.5) is 0 Å². The van der Waals surface area contributed by atoms with Crippen LogP contribution in [0, 0.1) is 0 Å². The standard InChI is InChI=1S/C20H18BrN3O5S/c21-15-4-6-16(7-5-15)30(25,26)24-9-1-2-14(11-24)20-22-19(23-29-20)13-3-8-17-18(10-13)28-12-27-17/h3-8,10,14H,1-2,9,11-12H2. The van der Waals surface area contributed by atoms with Gasteiger partial charge in [0.1, 0.15) is 0 Å². The second kappa shape index (κ2) is 7.68. The Bertz CT molecular complexity index is 1180. The monoisotopic (exact) mass is 491 g/mol. The predicted octanol–water partition coefficient (Wildman–Crippen LogP) is 3.80. The summed E-state index contributed by atoms with van der Waals surface area (Å²) in [6.07, 6.45) is 1.51. The van der Waals surface area contributed by atoms with Crippen molar-refractivity contribution in [2.75, 3.05) is 19.9 Å². The van der Waals surface area contributed by atoms with Crippen LogP contribution >= 0.6 is 15.9 Å².